The summed E-state index contributed by atoms with van der Waals surface area (Å²) >= 11 is 6.12. The fourth-order valence-electron chi connectivity index (χ4n) is 2.53. The van der Waals surface area contributed by atoms with E-state index in [1.165, 1.54) is 11.1 Å². The van der Waals surface area contributed by atoms with Crippen molar-refractivity contribution in [2.24, 2.45) is 0 Å². The maximum absolute atomic E-state index is 9.30. The van der Waals surface area contributed by atoms with Gasteiger partial charge < -0.3 is 9.84 Å². The van der Waals surface area contributed by atoms with E-state index >= 15 is 0 Å². The predicted molar refractivity (Wildman–Crippen MR) is 75.8 cm³/mol. The Kier molecular flexibility index (Phi) is 3.45. The highest BCUT2D eigenvalue weighted by atomic mass is 35.5. The summed E-state index contributed by atoms with van der Waals surface area (Å²) in [7, 11) is 0. The van der Waals surface area contributed by atoms with E-state index in [9.17, 15) is 5.11 Å². The Bertz CT molecular complexity index is 595. The normalized spacial score (nSPS) is 16.6. The third-order valence-corrected chi connectivity index (χ3v) is 3.91. The first-order valence-electron chi connectivity index (χ1n) is 6.38. The van der Waals surface area contributed by atoms with E-state index < -0.39 is 0 Å². The predicted octanol–water partition coefficient (Wildman–Crippen LogP) is 3.55. The smallest absolute Gasteiger partial charge is 0.143 e. The molecule has 1 atom stereocenters. The molecule has 98 valence electrons. The summed E-state index contributed by atoms with van der Waals surface area (Å²) in [6, 6.07) is 13.8. The molecule has 1 unspecified atom stereocenters. The van der Waals surface area contributed by atoms with Crippen LogP contribution in [0.4, 0.5) is 0 Å². The molecule has 0 aromatic heterocycles. The van der Waals surface area contributed by atoms with Gasteiger partial charge in [-0.2, -0.15) is 0 Å². The van der Waals surface area contributed by atoms with Crippen molar-refractivity contribution in [3.05, 3.63) is 64.2 Å². The first-order valence-corrected chi connectivity index (χ1v) is 6.76. The van der Waals surface area contributed by atoms with Gasteiger partial charge in [-0.3, -0.25) is 0 Å². The van der Waals surface area contributed by atoms with Crippen LogP contribution < -0.4 is 4.74 Å². The summed E-state index contributed by atoms with van der Waals surface area (Å²) in [6.45, 7) is 0.547. The minimum absolute atomic E-state index is 0.0584. The molecule has 3 heteroatoms. The Balaban J connectivity index is 1.72. The molecule has 3 rings (SSSR count). The number of rotatable bonds is 4. The van der Waals surface area contributed by atoms with Crippen LogP contribution in [0, 0.1) is 0 Å². The number of benzene rings is 2. The maximum atomic E-state index is 9.30. The molecule has 0 heterocycles. The average Bonchev–Trinajstić information content (AvgIpc) is 2.41. The van der Waals surface area contributed by atoms with Gasteiger partial charge in [0.25, 0.3) is 0 Å². The zero-order valence-corrected chi connectivity index (χ0v) is 11.2. The maximum Gasteiger partial charge on any atom is 0.143 e. The number of para-hydroxylation sites is 1. The summed E-state index contributed by atoms with van der Waals surface area (Å²) in [5, 5.41) is 9.85. The van der Waals surface area contributed by atoms with Gasteiger partial charge in [0, 0.05) is 11.5 Å². The lowest BCUT2D eigenvalue weighted by molar-refractivity contribution is 0.248. The SMILES string of the molecule is OCc1cccc(Cl)c1OCC1Cc2ccccc21. The van der Waals surface area contributed by atoms with Crippen molar-refractivity contribution in [2.75, 3.05) is 6.61 Å². The van der Waals surface area contributed by atoms with Gasteiger partial charge in [-0.25, -0.2) is 0 Å². The lowest BCUT2D eigenvalue weighted by Crippen LogP contribution is -2.23. The number of aliphatic hydroxyl groups is 1. The van der Waals surface area contributed by atoms with Crippen LogP contribution in [0.15, 0.2) is 42.5 Å². The molecule has 2 aromatic rings. The number of hydrogen-bond acceptors (Lipinski definition) is 2. The van der Waals surface area contributed by atoms with Gasteiger partial charge in [-0.05, 0) is 23.6 Å². The van der Waals surface area contributed by atoms with Gasteiger partial charge in [0.15, 0.2) is 0 Å². The lowest BCUT2D eigenvalue weighted by Gasteiger charge is -2.30. The van der Waals surface area contributed by atoms with Gasteiger partial charge in [-0.1, -0.05) is 48.0 Å². The van der Waals surface area contributed by atoms with Crippen LogP contribution in [0.5, 0.6) is 5.75 Å². The van der Waals surface area contributed by atoms with Crippen LogP contribution >= 0.6 is 11.6 Å². The van der Waals surface area contributed by atoms with Gasteiger partial charge in [-0.15, -0.1) is 0 Å². The zero-order valence-electron chi connectivity index (χ0n) is 10.5. The van der Waals surface area contributed by atoms with E-state index in [0.29, 0.717) is 23.3 Å². The summed E-state index contributed by atoms with van der Waals surface area (Å²) in [6.07, 6.45) is 1.05. The monoisotopic (exact) mass is 274 g/mol. The van der Waals surface area contributed by atoms with Gasteiger partial charge in [0.05, 0.1) is 18.2 Å². The number of ether oxygens (including phenoxy) is 1. The minimum Gasteiger partial charge on any atom is -0.491 e. The van der Waals surface area contributed by atoms with Crippen LogP contribution in [0.2, 0.25) is 5.02 Å². The Hall–Kier alpha value is -1.51. The first-order chi connectivity index (χ1) is 9.29. The lowest BCUT2D eigenvalue weighted by atomic mass is 9.78. The topological polar surface area (TPSA) is 29.5 Å². The molecule has 19 heavy (non-hydrogen) atoms. The van der Waals surface area contributed by atoms with E-state index in [-0.39, 0.29) is 6.61 Å². The summed E-state index contributed by atoms with van der Waals surface area (Å²) in [5.74, 6) is 1.04. The van der Waals surface area contributed by atoms with E-state index in [1.54, 1.807) is 6.07 Å². The highest BCUT2D eigenvalue weighted by Gasteiger charge is 2.26. The molecule has 0 saturated heterocycles. The van der Waals surface area contributed by atoms with E-state index in [0.717, 1.165) is 12.0 Å². The van der Waals surface area contributed by atoms with Gasteiger partial charge in [0.1, 0.15) is 5.75 Å². The van der Waals surface area contributed by atoms with Crippen molar-refractivity contribution in [2.45, 2.75) is 18.9 Å². The summed E-state index contributed by atoms with van der Waals surface area (Å²) in [5.41, 5.74) is 3.50. The standard InChI is InChI=1S/C16H15ClO2/c17-15-7-3-5-12(9-18)16(15)19-10-13-8-11-4-1-2-6-14(11)13/h1-7,13,18H,8-10H2. The molecule has 2 aromatic carbocycles. The Labute approximate surface area is 117 Å². The first kappa shape index (κ1) is 12.5. The van der Waals surface area contributed by atoms with Crippen LogP contribution in [-0.2, 0) is 13.0 Å². The van der Waals surface area contributed by atoms with E-state index in [4.69, 9.17) is 16.3 Å². The fourth-order valence-corrected chi connectivity index (χ4v) is 2.78. The van der Waals surface area contributed by atoms with Crippen molar-refractivity contribution >= 4 is 11.6 Å². The highest BCUT2D eigenvalue weighted by molar-refractivity contribution is 6.32. The quantitative estimate of drug-likeness (QED) is 0.924. The van der Waals surface area contributed by atoms with Crippen LogP contribution in [0.3, 0.4) is 0 Å². The minimum atomic E-state index is -0.0584. The van der Waals surface area contributed by atoms with E-state index in [2.05, 4.69) is 24.3 Å². The fraction of sp³-hybridized carbons (Fsp3) is 0.250. The summed E-state index contributed by atoms with van der Waals surface area (Å²) in [4.78, 5) is 0. The van der Waals surface area contributed by atoms with Crippen LogP contribution in [0.1, 0.15) is 22.6 Å². The molecule has 0 aliphatic heterocycles. The number of fused-ring (bicyclic) bond motifs is 1. The van der Waals surface area contributed by atoms with Crippen molar-refractivity contribution in [1.29, 1.82) is 0 Å². The number of halogens is 1. The molecule has 0 spiro atoms. The van der Waals surface area contributed by atoms with Crippen molar-refractivity contribution in [3.8, 4) is 5.75 Å². The van der Waals surface area contributed by atoms with Crippen molar-refractivity contribution < 1.29 is 9.84 Å². The van der Waals surface area contributed by atoms with Crippen LogP contribution in [-0.4, -0.2) is 11.7 Å². The summed E-state index contributed by atoms with van der Waals surface area (Å²) < 4.78 is 5.83. The largest absolute Gasteiger partial charge is 0.491 e. The molecule has 1 N–H and O–H groups in total. The molecular weight excluding hydrogens is 260 g/mol. The second-order valence-corrected chi connectivity index (χ2v) is 5.20. The molecular formula is C16H15ClO2. The molecule has 1 aliphatic carbocycles. The van der Waals surface area contributed by atoms with Crippen LogP contribution in [0.25, 0.3) is 0 Å². The molecule has 0 bridgehead atoms. The highest BCUT2D eigenvalue weighted by Crippen LogP contribution is 2.36. The van der Waals surface area contributed by atoms with Crippen molar-refractivity contribution in [3.63, 3.8) is 0 Å². The van der Waals surface area contributed by atoms with Crippen molar-refractivity contribution in [1.82, 2.24) is 0 Å². The Morgan fingerprint density at radius 2 is 2.00 bits per heavy atom. The Morgan fingerprint density at radius 1 is 1.16 bits per heavy atom. The van der Waals surface area contributed by atoms with Gasteiger partial charge in [0.2, 0.25) is 0 Å². The molecule has 0 fully saturated rings. The Morgan fingerprint density at radius 3 is 2.79 bits per heavy atom. The molecule has 0 radical (unpaired) electrons. The third kappa shape index (κ3) is 2.34. The number of aliphatic hydroxyl groups excluding tert-OH is 1. The molecule has 2 nitrogen and oxygen atoms in total. The second-order valence-electron chi connectivity index (χ2n) is 4.80. The second kappa shape index (κ2) is 5.24. The molecule has 0 amide bonds. The average molecular weight is 275 g/mol. The zero-order chi connectivity index (χ0) is 13.2. The van der Waals surface area contributed by atoms with Gasteiger partial charge >= 0.3 is 0 Å². The molecule has 1 aliphatic rings. The molecule has 0 saturated carbocycles. The number of hydrogen-bond donors (Lipinski definition) is 1. The third-order valence-electron chi connectivity index (χ3n) is 3.61. The van der Waals surface area contributed by atoms with E-state index in [1.807, 2.05) is 12.1 Å².